The summed E-state index contributed by atoms with van der Waals surface area (Å²) in [4.78, 5) is 42.4. The third kappa shape index (κ3) is 3.00. The second-order valence-corrected chi connectivity index (χ2v) is 7.97. The summed E-state index contributed by atoms with van der Waals surface area (Å²) >= 11 is 0. The summed E-state index contributed by atoms with van der Waals surface area (Å²) in [5.41, 5.74) is 2.94. The first kappa shape index (κ1) is 17.2. The predicted molar refractivity (Wildman–Crippen MR) is 106 cm³/mol. The number of carbonyl (C=O) groups excluding carboxylic acids is 1. The Hall–Kier alpha value is -2.96. The van der Waals surface area contributed by atoms with Crippen LogP contribution in [0.25, 0.3) is 11.0 Å². The first-order chi connectivity index (χ1) is 13.6. The van der Waals surface area contributed by atoms with Crippen molar-refractivity contribution in [3.8, 4) is 0 Å². The van der Waals surface area contributed by atoms with E-state index in [2.05, 4.69) is 15.0 Å². The van der Waals surface area contributed by atoms with Gasteiger partial charge in [-0.05, 0) is 44.2 Å². The van der Waals surface area contributed by atoms with Crippen LogP contribution in [0.3, 0.4) is 0 Å². The minimum atomic E-state index is -0.330. The van der Waals surface area contributed by atoms with Crippen molar-refractivity contribution < 1.29 is 4.79 Å². The predicted octanol–water partition coefficient (Wildman–Crippen LogP) is 2.85. The third-order valence-corrected chi connectivity index (χ3v) is 5.84. The molecule has 1 saturated heterocycles. The fraction of sp³-hybridized carbons (Fsp3) is 0.429. The van der Waals surface area contributed by atoms with Gasteiger partial charge in [-0.3, -0.25) is 9.59 Å². The number of H-pyrrole nitrogens is 2. The minimum Gasteiger partial charge on any atom is -0.342 e. The van der Waals surface area contributed by atoms with E-state index in [4.69, 9.17) is 4.98 Å². The standard InChI is InChI=1S/C21H23N5O2/c1-12-4-2-6-16-17(12)24-19(23-16)14-5-3-9-26(11-14)21(28)15-10-22-18(13-7-8-13)25-20(15)27/h2,4,6,10,13-14H,3,5,7-9,11H2,1H3,(H,23,24)(H,22,25,27). The Morgan fingerprint density at radius 2 is 2.00 bits per heavy atom. The average Bonchev–Trinajstić information content (AvgIpc) is 3.46. The van der Waals surface area contributed by atoms with Gasteiger partial charge >= 0.3 is 0 Å². The zero-order valence-electron chi connectivity index (χ0n) is 15.9. The van der Waals surface area contributed by atoms with Crippen LogP contribution in [-0.4, -0.2) is 43.8 Å². The highest BCUT2D eigenvalue weighted by atomic mass is 16.2. The van der Waals surface area contributed by atoms with Gasteiger partial charge in [-0.25, -0.2) is 9.97 Å². The van der Waals surface area contributed by atoms with Crippen LogP contribution in [0.2, 0.25) is 0 Å². The van der Waals surface area contributed by atoms with Crippen LogP contribution in [0.1, 0.15) is 65.1 Å². The largest absolute Gasteiger partial charge is 0.342 e. The van der Waals surface area contributed by atoms with Gasteiger partial charge in [-0.15, -0.1) is 0 Å². The number of imidazole rings is 1. The summed E-state index contributed by atoms with van der Waals surface area (Å²) in [7, 11) is 0. The van der Waals surface area contributed by atoms with Crippen LogP contribution < -0.4 is 5.56 Å². The molecule has 1 atom stereocenters. The Morgan fingerprint density at radius 1 is 1.14 bits per heavy atom. The normalized spacial score (nSPS) is 19.9. The fourth-order valence-electron chi connectivity index (χ4n) is 4.07. The number of hydrogen-bond acceptors (Lipinski definition) is 4. The molecule has 1 unspecified atom stereocenters. The molecule has 144 valence electrons. The Kier molecular flexibility index (Phi) is 4.03. The first-order valence-electron chi connectivity index (χ1n) is 9.94. The van der Waals surface area contributed by atoms with E-state index in [1.165, 1.54) is 6.20 Å². The maximum absolute atomic E-state index is 13.0. The maximum atomic E-state index is 13.0. The van der Waals surface area contributed by atoms with Crippen molar-refractivity contribution in [1.82, 2.24) is 24.8 Å². The lowest BCUT2D eigenvalue weighted by Gasteiger charge is -2.31. The Bertz CT molecular complexity index is 1110. The van der Waals surface area contributed by atoms with Gasteiger partial charge in [-0.1, -0.05) is 12.1 Å². The van der Waals surface area contributed by atoms with E-state index in [-0.39, 0.29) is 22.9 Å². The molecule has 2 aliphatic rings. The molecule has 0 bridgehead atoms. The summed E-state index contributed by atoms with van der Waals surface area (Å²) in [6, 6.07) is 6.09. The van der Waals surface area contributed by atoms with E-state index in [0.29, 0.717) is 24.8 Å². The summed E-state index contributed by atoms with van der Waals surface area (Å²) in [6.45, 7) is 3.26. The summed E-state index contributed by atoms with van der Waals surface area (Å²) in [5, 5.41) is 0. The van der Waals surface area contributed by atoms with E-state index in [1.807, 2.05) is 25.1 Å². The Labute approximate surface area is 162 Å². The number of aryl methyl sites for hydroxylation is 1. The van der Waals surface area contributed by atoms with Gasteiger partial charge in [0.1, 0.15) is 17.2 Å². The zero-order valence-corrected chi connectivity index (χ0v) is 15.9. The molecule has 1 amide bonds. The number of piperidine rings is 1. The topological polar surface area (TPSA) is 94.7 Å². The number of aromatic nitrogens is 4. The van der Waals surface area contributed by atoms with E-state index in [9.17, 15) is 9.59 Å². The highest BCUT2D eigenvalue weighted by Crippen LogP contribution is 2.37. The van der Waals surface area contributed by atoms with E-state index >= 15 is 0 Å². The molecule has 1 saturated carbocycles. The van der Waals surface area contributed by atoms with Gasteiger partial charge in [0, 0.05) is 31.1 Å². The number of fused-ring (bicyclic) bond motifs is 1. The molecule has 2 fully saturated rings. The van der Waals surface area contributed by atoms with Crippen LogP contribution in [0.4, 0.5) is 0 Å². The minimum absolute atomic E-state index is 0.130. The highest BCUT2D eigenvalue weighted by Gasteiger charge is 2.30. The number of rotatable bonds is 3. The number of carbonyl (C=O) groups is 1. The van der Waals surface area contributed by atoms with Crippen molar-refractivity contribution in [1.29, 1.82) is 0 Å². The Balaban J connectivity index is 1.38. The average molecular weight is 377 g/mol. The second kappa shape index (κ2) is 6.58. The summed E-state index contributed by atoms with van der Waals surface area (Å²) in [5.74, 6) is 1.87. The number of aromatic amines is 2. The van der Waals surface area contributed by atoms with Crippen LogP contribution >= 0.6 is 0 Å². The number of amides is 1. The molecule has 1 aliphatic heterocycles. The molecular weight excluding hydrogens is 354 g/mol. The molecule has 3 heterocycles. The molecule has 28 heavy (non-hydrogen) atoms. The van der Waals surface area contributed by atoms with Crippen molar-refractivity contribution in [2.75, 3.05) is 13.1 Å². The highest BCUT2D eigenvalue weighted by molar-refractivity contribution is 5.93. The van der Waals surface area contributed by atoms with Crippen molar-refractivity contribution in [2.24, 2.45) is 0 Å². The lowest BCUT2D eigenvalue weighted by molar-refractivity contribution is 0.0702. The molecular formula is C21H23N5O2. The number of para-hydroxylation sites is 1. The fourth-order valence-corrected chi connectivity index (χ4v) is 4.07. The molecule has 7 nitrogen and oxygen atoms in total. The molecule has 2 aromatic heterocycles. The van der Waals surface area contributed by atoms with E-state index < -0.39 is 0 Å². The van der Waals surface area contributed by atoms with Crippen LogP contribution in [0, 0.1) is 6.92 Å². The van der Waals surface area contributed by atoms with Crippen molar-refractivity contribution in [3.05, 3.63) is 57.5 Å². The van der Waals surface area contributed by atoms with Gasteiger partial charge in [0.25, 0.3) is 11.5 Å². The molecule has 1 aromatic carbocycles. The van der Waals surface area contributed by atoms with E-state index in [1.54, 1.807) is 4.90 Å². The number of nitrogens with one attached hydrogen (secondary N) is 2. The number of benzene rings is 1. The lowest BCUT2D eigenvalue weighted by Crippen LogP contribution is -2.41. The van der Waals surface area contributed by atoms with Crippen LogP contribution in [-0.2, 0) is 0 Å². The van der Waals surface area contributed by atoms with Crippen molar-refractivity contribution >= 4 is 16.9 Å². The van der Waals surface area contributed by atoms with Crippen molar-refractivity contribution in [3.63, 3.8) is 0 Å². The first-order valence-corrected chi connectivity index (χ1v) is 9.94. The molecule has 3 aromatic rings. The monoisotopic (exact) mass is 377 g/mol. The third-order valence-electron chi connectivity index (χ3n) is 5.84. The summed E-state index contributed by atoms with van der Waals surface area (Å²) in [6.07, 6.45) is 5.42. The van der Waals surface area contributed by atoms with Crippen molar-refractivity contribution in [2.45, 2.75) is 44.4 Å². The SMILES string of the molecule is Cc1cccc2[nH]c(C3CCCN(C(=O)c4cnc(C5CC5)[nH]c4=O)C3)nc12. The van der Waals surface area contributed by atoms with Gasteiger partial charge in [0.15, 0.2) is 0 Å². The molecule has 2 N–H and O–H groups in total. The molecule has 0 spiro atoms. The van der Waals surface area contributed by atoms with Crippen LogP contribution in [0.5, 0.6) is 0 Å². The molecule has 5 rings (SSSR count). The van der Waals surface area contributed by atoms with E-state index in [0.717, 1.165) is 48.1 Å². The van der Waals surface area contributed by atoms with Crippen LogP contribution in [0.15, 0.2) is 29.2 Å². The molecule has 1 aliphatic carbocycles. The van der Waals surface area contributed by atoms with Gasteiger partial charge in [-0.2, -0.15) is 0 Å². The second-order valence-electron chi connectivity index (χ2n) is 7.97. The number of nitrogens with zero attached hydrogens (tertiary/aromatic N) is 3. The molecule has 0 radical (unpaired) electrons. The summed E-state index contributed by atoms with van der Waals surface area (Å²) < 4.78 is 0. The van der Waals surface area contributed by atoms with Gasteiger partial charge in [0.2, 0.25) is 0 Å². The Morgan fingerprint density at radius 3 is 2.75 bits per heavy atom. The van der Waals surface area contributed by atoms with Gasteiger partial charge < -0.3 is 14.9 Å². The zero-order chi connectivity index (χ0) is 19.3. The maximum Gasteiger partial charge on any atom is 0.263 e. The molecule has 7 heteroatoms. The number of hydrogen-bond donors (Lipinski definition) is 2. The quantitative estimate of drug-likeness (QED) is 0.734. The smallest absolute Gasteiger partial charge is 0.263 e. The number of likely N-dealkylation sites (tertiary alicyclic amines) is 1. The lowest BCUT2D eigenvalue weighted by atomic mass is 9.97. The van der Waals surface area contributed by atoms with Gasteiger partial charge in [0.05, 0.1) is 11.0 Å².